The van der Waals surface area contributed by atoms with Crippen molar-refractivity contribution >= 4 is 45.9 Å². The van der Waals surface area contributed by atoms with Gasteiger partial charge in [0, 0.05) is 23.1 Å². The van der Waals surface area contributed by atoms with Gasteiger partial charge in [-0.3, -0.25) is 0 Å². The number of rotatable bonds is 5. The number of furan rings is 1. The SMILES string of the molecule is CCNC(=NCc1ccoc1)NCc1cc(F)ccc1Br.I. The molecule has 1 aromatic heterocycles. The second-order valence-electron chi connectivity index (χ2n) is 4.42. The maximum Gasteiger partial charge on any atom is 0.191 e. The van der Waals surface area contributed by atoms with Gasteiger partial charge in [0.15, 0.2) is 5.96 Å². The molecule has 1 heterocycles. The Labute approximate surface area is 154 Å². The number of benzene rings is 1. The van der Waals surface area contributed by atoms with Gasteiger partial charge in [-0.05, 0) is 36.8 Å². The molecular weight excluding hydrogens is 464 g/mol. The van der Waals surface area contributed by atoms with E-state index in [1.54, 1.807) is 18.6 Å². The minimum absolute atomic E-state index is 0. The van der Waals surface area contributed by atoms with Crippen LogP contribution in [0.5, 0.6) is 0 Å². The first-order valence-electron chi connectivity index (χ1n) is 6.66. The van der Waals surface area contributed by atoms with Crippen LogP contribution in [-0.4, -0.2) is 12.5 Å². The molecule has 1 aromatic carbocycles. The number of nitrogens with one attached hydrogen (secondary N) is 2. The van der Waals surface area contributed by atoms with Crippen molar-refractivity contribution in [3.63, 3.8) is 0 Å². The smallest absolute Gasteiger partial charge is 0.191 e. The Morgan fingerprint density at radius 1 is 1.32 bits per heavy atom. The molecular formula is C15H18BrFIN3O. The lowest BCUT2D eigenvalue weighted by atomic mass is 10.2. The maximum atomic E-state index is 13.2. The molecule has 4 nitrogen and oxygen atoms in total. The predicted octanol–water partition coefficient (Wildman–Crippen LogP) is 4.05. The summed E-state index contributed by atoms with van der Waals surface area (Å²) < 4.78 is 19.1. The highest BCUT2D eigenvalue weighted by Gasteiger charge is 2.04. The molecule has 0 spiro atoms. The summed E-state index contributed by atoms with van der Waals surface area (Å²) in [6.07, 6.45) is 3.28. The quantitative estimate of drug-likeness (QED) is 0.384. The van der Waals surface area contributed by atoms with Gasteiger partial charge in [-0.2, -0.15) is 0 Å². The standard InChI is InChI=1S/C15H17BrFN3O.HI/c1-2-18-15(19-8-11-5-6-21-10-11)20-9-12-7-13(17)3-4-14(12)16;/h3-7,10H,2,8-9H2,1H3,(H2,18,19,20);1H. The molecule has 0 amide bonds. The van der Waals surface area contributed by atoms with Crippen molar-refractivity contribution in [1.82, 2.24) is 10.6 Å². The Balaban J connectivity index is 0.00000242. The van der Waals surface area contributed by atoms with E-state index in [9.17, 15) is 4.39 Å². The van der Waals surface area contributed by atoms with E-state index >= 15 is 0 Å². The van der Waals surface area contributed by atoms with Crippen LogP contribution >= 0.6 is 39.9 Å². The van der Waals surface area contributed by atoms with E-state index in [4.69, 9.17) is 4.42 Å². The number of hydrogen-bond acceptors (Lipinski definition) is 2. The second-order valence-corrected chi connectivity index (χ2v) is 5.27. The number of aliphatic imine (C=N–C) groups is 1. The average Bonchev–Trinajstić information content (AvgIpc) is 2.98. The van der Waals surface area contributed by atoms with Crippen molar-refractivity contribution in [3.05, 3.63) is 58.2 Å². The van der Waals surface area contributed by atoms with Crippen LogP contribution < -0.4 is 10.6 Å². The van der Waals surface area contributed by atoms with Crippen LogP contribution in [0.1, 0.15) is 18.1 Å². The van der Waals surface area contributed by atoms with Crippen molar-refractivity contribution in [1.29, 1.82) is 0 Å². The van der Waals surface area contributed by atoms with Crippen LogP contribution in [-0.2, 0) is 13.1 Å². The van der Waals surface area contributed by atoms with E-state index in [-0.39, 0.29) is 29.8 Å². The van der Waals surface area contributed by atoms with E-state index in [1.807, 2.05) is 13.0 Å². The average molecular weight is 482 g/mol. The zero-order valence-corrected chi connectivity index (χ0v) is 16.0. The first kappa shape index (κ1) is 19.0. The number of halogens is 3. The lowest BCUT2D eigenvalue weighted by molar-refractivity contribution is 0.564. The van der Waals surface area contributed by atoms with Crippen LogP contribution in [0.3, 0.4) is 0 Å². The van der Waals surface area contributed by atoms with Crippen molar-refractivity contribution < 1.29 is 8.81 Å². The highest BCUT2D eigenvalue weighted by Crippen LogP contribution is 2.17. The van der Waals surface area contributed by atoms with E-state index in [2.05, 4.69) is 31.6 Å². The Bertz CT molecular complexity index is 605. The molecule has 0 fully saturated rings. The molecule has 0 radical (unpaired) electrons. The molecule has 120 valence electrons. The number of hydrogen-bond donors (Lipinski definition) is 2. The van der Waals surface area contributed by atoms with E-state index < -0.39 is 0 Å². The molecule has 7 heteroatoms. The monoisotopic (exact) mass is 481 g/mol. The minimum Gasteiger partial charge on any atom is -0.472 e. The van der Waals surface area contributed by atoms with Gasteiger partial charge in [-0.25, -0.2) is 9.38 Å². The van der Waals surface area contributed by atoms with Gasteiger partial charge >= 0.3 is 0 Å². The summed E-state index contributed by atoms with van der Waals surface area (Å²) in [5, 5.41) is 6.33. The Kier molecular flexibility index (Phi) is 8.47. The molecule has 0 aliphatic carbocycles. The summed E-state index contributed by atoms with van der Waals surface area (Å²) in [6, 6.07) is 6.49. The molecule has 0 atom stereocenters. The van der Waals surface area contributed by atoms with Gasteiger partial charge in [0.05, 0.1) is 19.1 Å². The molecule has 2 N–H and O–H groups in total. The fraction of sp³-hybridized carbons (Fsp3) is 0.267. The molecule has 0 saturated heterocycles. The number of nitrogens with zero attached hydrogens (tertiary/aromatic N) is 1. The summed E-state index contributed by atoms with van der Waals surface area (Å²) in [4.78, 5) is 4.45. The zero-order chi connectivity index (χ0) is 15.1. The van der Waals surface area contributed by atoms with Crippen LogP contribution in [0.4, 0.5) is 4.39 Å². The summed E-state index contributed by atoms with van der Waals surface area (Å²) >= 11 is 3.41. The maximum absolute atomic E-state index is 13.2. The summed E-state index contributed by atoms with van der Waals surface area (Å²) in [7, 11) is 0. The van der Waals surface area contributed by atoms with Crippen molar-refractivity contribution in [3.8, 4) is 0 Å². The second kappa shape index (κ2) is 9.83. The molecule has 22 heavy (non-hydrogen) atoms. The molecule has 0 bridgehead atoms. The fourth-order valence-electron chi connectivity index (χ4n) is 1.75. The highest BCUT2D eigenvalue weighted by atomic mass is 127. The molecule has 0 aliphatic heterocycles. The molecule has 0 aliphatic rings. The summed E-state index contributed by atoms with van der Waals surface area (Å²) in [5.41, 5.74) is 1.84. The molecule has 0 unspecified atom stereocenters. The largest absolute Gasteiger partial charge is 0.472 e. The van der Waals surface area contributed by atoms with Crippen LogP contribution in [0.25, 0.3) is 0 Å². The number of guanidine groups is 1. The van der Waals surface area contributed by atoms with Crippen molar-refractivity contribution in [2.24, 2.45) is 4.99 Å². The lowest BCUT2D eigenvalue weighted by Gasteiger charge is -2.12. The topological polar surface area (TPSA) is 49.6 Å². The summed E-state index contributed by atoms with van der Waals surface area (Å²) in [5.74, 6) is 0.421. The van der Waals surface area contributed by atoms with Crippen molar-refractivity contribution in [2.45, 2.75) is 20.0 Å². The van der Waals surface area contributed by atoms with Crippen LogP contribution in [0.2, 0.25) is 0 Å². The van der Waals surface area contributed by atoms with Gasteiger partial charge < -0.3 is 15.1 Å². The first-order valence-corrected chi connectivity index (χ1v) is 7.45. The molecule has 2 aromatic rings. The van der Waals surface area contributed by atoms with Gasteiger partial charge in [0.1, 0.15) is 5.82 Å². The Hall–Kier alpha value is -1.09. The predicted molar refractivity (Wildman–Crippen MR) is 99.9 cm³/mol. The molecule has 0 saturated carbocycles. The summed E-state index contributed by atoms with van der Waals surface area (Å²) in [6.45, 7) is 3.75. The zero-order valence-electron chi connectivity index (χ0n) is 12.1. The third-order valence-corrected chi connectivity index (χ3v) is 3.57. The van der Waals surface area contributed by atoms with Gasteiger partial charge in [0.2, 0.25) is 0 Å². The van der Waals surface area contributed by atoms with Crippen LogP contribution in [0, 0.1) is 5.82 Å². The first-order chi connectivity index (χ1) is 10.2. The van der Waals surface area contributed by atoms with Gasteiger partial charge in [-0.15, -0.1) is 24.0 Å². The Morgan fingerprint density at radius 3 is 2.82 bits per heavy atom. The molecule has 2 rings (SSSR count). The van der Waals surface area contributed by atoms with E-state index in [1.165, 1.54) is 12.1 Å². The van der Waals surface area contributed by atoms with Crippen molar-refractivity contribution in [2.75, 3.05) is 6.54 Å². The normalized spacial score (nSPS) is 11.0. The Morgan fingerprint density at radius 2 is 2.14 bits per heavy atom. The lowest BCUT2D eigenvalue weighted by Crippen LogP contribution is -2.36. The van der Waals surface area contributed by atoms with E-state index in [0.717, 1.165) is 22.1 Å². The van der Waals surface area contributed by atoms with Gasteiger partial charge in [-0.1, -0.05) is 15.9 Å². The third kappa shape index (κ3) is 5.96. The highest BCUT2D eigenvalue weighted by molar-refractivity contribution is 14.0. The third-order valence-electron chi connectivity index (χ3n) is 2.80. The van der Waals surface area contributed by atoms with Crippen LogP contribution in [0.15, 0.2) is 50.7 Å². The fourth-order valence-corrected chi connectivity index (χ4v) is 2.14. The van der Waals surface area contributed by atoms with E-state index in [0.29, 0.717) is 19.0 Å². The van der Waals surface area contributed by atoms with Gasteiger partial charge in [0.25, 0.3) is 0 Å². The minimum atomic E-state index is -0.254.